The van der Waals surface area contributed by atoms with E-state index in [9.17, 15) is 0 Å². The topological polar surface area (TPSA) is 27.0 Å². The van der Waals surface area contributed by atoms with E-state index >= 15 is 0 Å². The number of anilines is 1. The van der Waals surface area contributed by atoms with Gasteiger partial charge in [0.25, 0.3) is 0 Å². The molecule has 13 heavy (non-hydrogen) atoms. The zero-order chi connectivity index (χ0) is 9.68. The van der Waals surface area contributed by atoms with E-state index in [-0.39, 0.29) is 0 Å². The van der Waals surface area contributed by atoms with Crippen LogP contribution in [0.5, 0.6) is 0 Å². The second-order valence-electron chi connectivity index (χ2n) is 3.00. The Hall–Kier alpha value is -1.49. The highest BCUT2D eigenvalue weighted by molar-refractivity contribution is 5.53. The van der Waals surface area contributed by atoms with Gasteiger partial charge in [0, 0.05) is 12.7 Å². The summed E-state index contributed by atoms with van der Waals surface area (Å²) in [6, 6.07) is 10.3. The predicted molar refractivity (Wildman–Crippen MR) is 54.7 cm³/mol. The summed E-state index contributed by atoms with van der Waals surface area (Å²) in [5.74, 6) is 0. The number of aryl methyl sites for hydroxylation is 1. The van der Waals surface area contributed by atoms with Crippen molar-refractivity contribution in [2.24, 2.45) is 0 Å². The fourth-order valence-electron chi connectivity index (χ4n) is 1.37. The summed E-state index contributed by atoms with van der Waals surface area (Å²) in [4.78, 5) is 1.97. The van der Waals surface area contributed by atoms with Crippen LogP contribution in [0.2, 0.25) is 0 Å². The van der Waals surface area contributed by atoms with Crippen LogP contribution in [0.3, 0.4) is 0 Å². The lowest BCUT2D eigenvalue weighted by atomic mass is 10.1. The van der Waals surface area contributed by atoms with Crippen molar-refractivity contribution in [3.8, 4) is 6.07 Å². The Morgan fingerprint density at radius 3 is 2.69 bits per heavy atom. The third kappa shape index (κ3) is 2.22. The minimum Gasteiger partial charge on any atom is -0.361 e. The average molecular weight is 174 g/mol. The summed E-state index contributed by atoms with van der Waals surface area (Å²) in [6.07, 6.45) is 1.01. The Bertz CT molecular complexity index is 312. The van der Waals surface area contributed by atoms with E-state index in [1.807, 2.05) is 24.1 Å². The van der Waals surface area contributed by atoms with Gasteiger partial charge in [-0.15, -0.1) is 0 Å². The molecule has 0 heterocycles. The van der Waals surface area contributed by atoms with Gasteiger partial charge < -0.3 is 4.90 Å². The molecule has 1 rings (SSSR count). The van der Waals surface area contributed by atoms with Crippen molar-refractivity contribution in [3.05, 3.63) is 29.8 Å². The molecule has 2 heteroatoms. The Kier molecular flexibility index (Phi) is 3.33. The van der Waals surface area contributed by atoms with E-state index in [1.165, 1.54) is 5.56 Å². The van der Waals surface area contributed by atoms with Crippen LogP contribution < -0.4 is 4.90 Å². The van der Waals surface area contributed by atoms with Gasteiger partial charge in [0.1, 0.15) is 6.54 Å². The minimum atomic E-state index is 0.441. The molecule has 0 aromatic heterocycles. The first kappa shape index (κ1) is 9.60. The lowest BCUT2D eigenvalue weighted by Crippen LogP contribution is -2.18. The summed E-state index contributed by atoms with van der Waals surface area (Å²) in [6.45, 7) is 2.57. The van der Waals surface area contributed by atoms with Crippen LogP contribution in [-0.4, -0.2) is 13.6 Å². The Morgan fingerprint density at radius 2 is 2.08 bits per heavy atom. The lowest BCUT2D eigenvalue weighted by Gasteiger charge is -2.18. The van der Waals surface area contributed by atoms with Gasteiger partial charge in [-0.25, -0.2) is 0 Å². The summed E-state index contributed by atoms with van der Waals surface area (Å²) in [7, 11) is 1.94. The molecule has 0 fully saturated rings. The van der Waals surface area contributed by atoms with Crippen LogP contribution in [0.25, 0.3) is 0 Å². The van der Waals surface area contributed by atoms with Gasteiger partial charge in [-0.1, -0.05) is 25.1 Å². The third-order valence-corrected chi connectivity index (χ3v) is 2.09. The largest absolute Gasteiger partial charge is 0.361 e. The second-order valence-corrected chi connectivity index (χ2v) is 3.00. The first-order chi connectivity index (χ1) is 6.29. The molecule has 0 aliphatic heterocycles. The molecule has 1 aromatic rings. The lowest BCUT2D eigenvalue weighted by molar-refractivity contribution is 1.00. The summed E-state index contributed by atoms with van der Waals surface area (Å²) in [5, 5.41) is 8.57. The SMILES string of the molecule is CCc1ccccc1N(C)CC#N. The van der Waals surface area contributed by atoms with Gasteiger partial charge in [0.15, 0.2) is 0 Å². The van der Waals surface area contributed by atoms with Crippen LogP contribution in [0, 0.1) is 11.3 Å². The molecule has 0 bridgehead atoms. The maximum Gasteiger partial charge on any atom is 0.105 e. The third-order valence-electron chi connectivity index (χ3n) is 2.09. The minimum absolute atomic E-state index is 0.441. The zero-order valence-electron chi connectivity index (χ0n) is 8.12. The van der Waals surface area contributed by atoms with Crippen molar-refractivity contribution in [2.75, 3.05) is 18.5 Å². The van der Waals surface area contributed by atoms with Crippen molar-refractivity contribution in [2.45, 2.75) is 13.3 Å². The molecule has 0 aliphatic carbocycles. The maximum absolute atomic E-state index is 8.57. The monoisotopic (exact) mass is 174 g/mol. The molecular formula is C11H14N2. The quantitative estimate of drug-likeness (QED) is 0.657. The fraction of sp³-hybridized carbons (Fsp3) is 0.364. The van der Waals surface area contributed by atoms with Crippen LogP contribution in [0.1, 0.15) is 12.5 Å². The number of benzene rings is 1. The highest BCUT2D eigenvalue weighted by Gasteiger charge is 2.03. The second kappa shape index (κ2) is 4.51. The number of hydrogen-bond donors (Lipinski definition) is 0. The average Bonchev–Trinajstić information content (AvgIpc) is 2.18. The smallest absolute Gasteiger partial charge is 0.105 e. The fourth-order valence-corrected chi connectivity index (χ4v) is 1.37. The van der Waals surface area contributed by atoms with E-state index < -0.39 is 0 Å². The van der Waals surface area contributed by atoms with Gasteiger partial charge in [-0.2, -0.15) is 5.26 Å². The van der Waals surface area contributed by atoms with E-state index in [1.54, 1.807) is 0 Å². The van der Waals surface area contributed by atoms with Crippen molar-refractivity contribution >= 4 is 5.69 Å². The van der Waals surface area contributed by atoms with Crippen LogP contribution >= 0.6 is 0 Å². The molecule has 0 unspecified atom stereocenters. The predicted octanol–water partition coefficient (Wildman–Crippen LogP) is 2.21. The van der Waals surface area contributed by atoms with Crippen LogP contribution in [-0.2, 0) is 6.42 Å². The molecule has 68 valence electrons. The van der Waals surface area contributed by atoms with Gasteiger partial charge in [-0.3, -0.25) is 0 Å². The summed E-state index contributed by atoms with van der Waals surface area (Å²) in [5.41, 5.74) is 2.45. The molecule has 0 radical (unpaired) electrons. The number of nitriles is 1. The van der Waals surface area contributed by atoms with Gasteiger partial charge in [-0.05, 0) is 18.1 Å². The molecule has 0 saturated carbocycles. The molecule has 2 nitrogen and oxygen atoms in total. The van der Waals surface area contributed by atoms with Crippen molar-refractivity contribution in [1.29, 1.82) is 5.26 Å². The zero-order valence-corrected chi connectivity index (χ0v) is 8.12. The first-order valence-corrected chi connectivity index (χ1v) is 4.45. The molecule has 1 aromatic carbocycles. The van der Waals surface area contributed by atoms with Crippen LogP contribution in [0.15, 0.2) is 24.3 Å². The standard InChI is InChI=1S/C11H14N2/c1-3-10-6-4-5-7-11(10)13(2)9-8-12/h4-7H,3,9H2,1-2H3. The normalized spacial score (nSPS) is 9.31. The molecule has 0 N–H and O–H groups in total. The van der Waals surface area contributed by atoms with Crippen LogP contribution in [0.4, 0.5) is 5.69 Å². The number of para-hydroxylation sites is 1. The Labute approximate surface area is 79.4 Å². The maximum atomic E-state index is 8.57. The number of nitrogens with zero attached hydrogens (tertiary/aromatic N) is 2. The van der Waals surface area contributed by atoms with Gasteiger partial charge in [0.2, 0.25) is 0 Å². The highest BCUT2D eigenvalue weighted by Crippen LogP contribution is 2.18. The van der Waals surface area contributed by atoms with E-state index in [0.29, 0.717) is 6.54 Å². The van der Waals surface area contributed by atoms with E-state index in [4.69, 9.17) is 5.26 Å². The Balaban J connectivity index is 2.93. The summed E-state index contributed by atoms with van der Waals surface area (Å²) >= 11 is 0. The highest BCUT2D eigenvalue weighted by atomic mass is 15.1. The van der Waals surface area contributed by atoms with Gasteiger partial charge >= 0.3 is 0 Å². The molecule has 0 aliphatic rings. The molecule has 0 atom stereocenters. The summed E-state index contributed by atoms with van der Waals surface area (Å²) < 4.78 is 0. The molecule has 0 spiro atoms. The van der Waals surface area contributed by atoms with Gasteiger partial charge in [0.05, 0.1) is 6.07 Å². The number of rotatable bonds is 3. The number of hydrogen-bond acceptors (Lipinski definition) is 2. The molecule has 0 amide bonds. The molecular weight excluding hydrogens is 160 g/mol. The van der Waals surface area contributed by atoms with E-state index in [2.05, 4.69) is 25.1 Å². The van der Waals surface area contributed by atoms with Crippen molar-refractivity contribution in [3.63, 3.8) is 0 Å². The van der Waals surface area contributed by atoms with E-state index in [0.717, 1.165) is 12.1 Å². The first-order valence-electron chi connectivity index (χ1n) is 4.45. The Morgan fingerprint density at radius 1 is 1.38 bits per heavy atom. The molecule has 0 saturated heterocycles. The van der Waals surface area contributed by atoms with Crippen molar-refractivity contribution in [1.82, 2.24) is 0 Å². The van der Waals surface area contributed by atoms with Crippen molar-refractivity contribution < 1.29 is 0 Å².